The van der Waals surface area contributed by atoms with Crippen LogP contribution in [0.2, 0.25) is 0 Å². The zero-order valence-electron chi connectivity index (χ0n) is 13.4. The molecule has 1 aromatic carbocycles. The number of aryl methyl sites for hydroxylation is 1. The number of ether oxygens (including phenoxy) is 1. The fourth-order valence-electron chi connectivity index (χ4n) is 2.15. The van der Waals surface area contributed by atoms with E-state index in [0.29, 0.717) is 16.1 Å². The molecule has 126 valence electrons. The van der Waals surface area contributed by atoms with Gasteiger partial charge in [0.1, 0.15) is 5.00 Å². The lowest BCUT2D eigenvalue weighted by molar-refractivity contribution is -0.384. The predicted octanol–water partition coefficient (Wildman–Crippen LogP) is 3.24. The maximum absolute atomic E-state index is 12.2. The maximum atomic E-state index is 12.2. The van der Waals surface area contributed by atoms with Crippen molar-refractivity contribution in [3.05, 3.63) is 55.9 Å². The molecule has 2 rings (SSSR count). The molecule has 0 aliphatic carbocycles. The first-order valence-electron chi connectivity index (χ1n) is 7.05. The number of anilines is 1. The van der Waals surface area contributed by atoms with Gasteiger partial charge in [-0.25, -0.2) is 4.79 Å². The number of amides is 1. The number of hydrogen-bond acceptors (Lipinski definition) is 6. The summed E-state index contributed by atoms with van der Waals surface area (Å²) in [4.78, 5) is 35.1. The van der Waals surface area contributed by atoms with E-state index in [9.17, 15) is 19.7 Å². The van der Waals surface area contributed by atoms with Crippen molar-refractivity contribution in [2.24, 2.45) is 0 Å². The Kier molecular flexibility index (Phi) is 5.30. The lowest BCUT2D eigenvalue weighted by Gasteiger charge is -2.06. The summed E-state index contributed by atoms with van der Waals surface area (Å²) < 4.78 is 4.76. The van der Waals surface area contributed by atoms with Crippen molar-refractivity contribution in [2.75, 3.05) is 12.4 Å². The van der Waals surface area contributed by atoms with Crippen LogP contribution in [0.25, 0.3) is 0 Å². The van der Waals surface area contributed by atoms with Gasteiger partial charge in [-0.05, 0) is 25.0 Å². The second-order valence-corrected chi connectivity index (χ2v) is 6.35. The van der Waals surface area contributed by atoms with Crippen LogP contribution in [0.4, 0.5) is 10.7 Å². The van der Waals surface area contributed by atoms with E-state index in [0.717, 1.165) is 10.4 Å². The Morgan fingerprint density at radius 2 is 1.88 bits per heavy atom. The highest BCUT2D eigenvalue weighted by Gasteiger charge is 2.21. The zero-order chi connectivity index (χ0) is 17.9. The maximum Gasteiger partial charge on any atom is 0.341 e. The summed E-state index contributed by atoms with van der Waals surface area (Å²) in [5, 5.41) is 13.8. The van der Waals surface area contributed by atoms with Crippen molar-refractivity contribution in [3.8, 4) is 0 Å². The van der Waals surface area contributed by atoms with Gasteiger partial charge in [-0.1, -0.05) is 12.1 Å². The minimum atomic E-state index is -0.498. The van der Waals surface area contributed by atoms with E-state index < -0.39 is 10.9 Å². The molecule has 1 amide bonds. The van der Waals surface area contributed by atoms with Gasteiger partial charge < -0.3 is 10.1 Å². The number of nitrogens with one attached hydrogen (secondary N) is 1. The van der Waals surface area contributed by atoms with Crippen molar-refractivity contribution in [2.45, 2.75) is 20.3 Å². The number of nitro benzene ring substituents is 1. The third-order valence-corrected chi connectivity index (χ3v) is 4.66. The Morgan fingerprint density at radius 1 is 1.25 bits per heavy atom. The lowest BCUT2D eigenvalue weighted by Crippen LogP contribution is -2.16. The van der Waals surface area contributed by atoms with Gasteiger partial charge in [0.25, 0.3) is 5.69 Å². The number of nitro groups is 1. The van der Waals surface area contributed by atoms with Gasteiger partial charge >= 0.3 is 5.97 Å². The topological polar surface area (TPSA) is 98.5 Å². The van der Waals surface area contributed by atoms with Crippen molar-refractivity contribution in [1.29, 1.82) is 0 Å². The normalized spacial score (nSPS) is 10.3. The van der Waals surface area contributed by atoms with Crippen LogP contribution in [0, 0.1) is 24.0 Å². The molecule has 0 spiro atoms. The monoisotopic (exact) mass is 348 g/mol. The molecule has 2 aromatic rings. The van der Waals surface area contributed by atoms with E-state index in [1.165, 1.54) is 42.7 Å². The third-order valence-electron chi connectivity index (χ3n) is 3.54. The number of esters is 1. The Bertz CT molecular complexity index is 796. The molecule has 0 saturated carbocycles. The molecule has 8 heteroatoms. The van der Waals surface area contributed by atoms with Crippen molar-refractivity contribution >= 4 is 33.9 Å². The number of carbonyl (C=O) groups is 2. The molecule has 0 unspecified atom stereocenters. The number of thiophene rings is 1. The Balaban J connectivity index is 2.14. The molecule has 0 saturated heterocycles. The van der Waals surface area contributed by atoms with Gasteiger partial charge in [0.2, 0.25) is 5.91 Å². The number of nitrogens with zero attached hydrogens (tertiary/aromatic N) is 1. The molecular weight excluding hydrogens is 332 g/mol. The first-order valence-corrected chi connectivity index (χ1v) is 7.86. The highest BCUT2D eigenvalue weighted by molar-refractivity contribution is 7.16. The predicted molar refractivity (Wildman–Crippen MR) is 90.6 cm³/mol. The molecule has 7 nitrogen and oxygen atoms in total. The third kappa shape index (κ3) is 3.77. The second-order valence-electron chi connectivity index (χ2n) is 5.13. The zero-order valence-corrected chi connectivity index (χ0v) is 14.2. The van der Waals surface area contributed by atoms with Crippen LogP contribution < -0.4 is 5.32 Å². The number of benzene rings is 1. The highest BCUT2D eigenvalue weighted by atomic mass is 32.1. The summed E-state index contributed by atoms with van der Waals surface area (Å²) in [6.45, 7) is 3.66. The van der Waals surface area contributed by atoms with Crippen molar-refractivity contribution in [1.82, 2.24) is 0 Å². The van der Waals surface area contributed by atoms with Crippen LogP contribution in [-0.2, 0) is 16.0 Å². The van der Waals surface area contributed by atoms with Crippen LogP contribution in [0.5, 0.6) is 0 Å². The summed E-state index contributed by atoms with van der Waals surface area (Å²) in [7, 11) is 1.29. The standard InChI is InChI=1S/C16H16N2O5S/c1-9-10(2)24-15(14(9)16(20)23-3)17-13(19)8-11-4-6-12(7-5-11)18(21)22/h4-7H,8H2,1-3H3,(H,17,19). The van der Waals surface area contributed by atoms with Crippen LogP contribution >= 0.6 is 11.3 Å². The SMILES string of the molecule is COC(=O)c1c(NC(=O)Cc2ccc([N+](=O)[O-])cc2)sc(C)c1C. The Hall–Kier alpha value is -2.74. The first-order chi connectivity index (χ1) is 11.3. The average molecular weight is 348 g/mol. The van der Waals surface area contributed by atoms with E-state index in [2.05, 4.69) is 5.32 Å². The molecule has 24 heavy (non-hydrogen) atoms. The molecule has 0 aliphatic rings. The summed E-state index contributed by atoms with van der Waals surface area (Å²) in [6, 6.07) is 5.76. The number of methoxy groups -OCH3 is 1. The van der Waals surface area contributed by atoms with Gasteiger partial charge in [0.05, 0.1) is 24.0 Å². The molecule has 0 radical (unpaired) electrons. The molecule has 0 atom stereocenters. The molecule has 1 aromatic heterocycles. The van der Waals surface area contributed by atoms with E-state index in [1.54, 1.807) is 6.92 Å². The number of hydrogen-bond donors (Lipinski definition) is 1. The quantitative estimate of drug-likeness (QED) is 0.508. The second kappa shape index (κ2) is 7.22. The molecule has 0 aliphatic heterocycles. The number of non-ortho nitro benzene ring substituents is 1. The van der Waals surface area contributed by atoms with Crippen LogP contribution in [0.3, 0.4) is 0 Å². The Morgan fingerprint density at radius 3 is 2.42 bits per heavy atom. The van der Waals surface area contributed by atoms with Crippen LogP contribution in [0.1, 0.15) is 26.4 Å². The summed E-state index contributed by atoms with van der Waals surface area (Å²) in [6.07, 6.45) is 0.0502. The highest BCUT2D eigenvalue weighted by Crippen LogP contribution is 2.33. The smallest absolute Gasteiger partial charge is 0.341 e. The fourth-order valence-corrected chi connectivity index (χ4v) is 3.22. The largest absolute Gasteiger partial charge is 0.465 e. The Labute approximate surface area is 142 Å². The van der Waals surface area contributed by atoms with Crippen molar-refractivity contribution < 1.29 is 19.2 Å². The van der Waals surface area contributed by atoms with Crippen LogP contribution in [0.15, 0.2) is 24.3 Å². The van der Waals surface area contributed by atoms with E-state index >= 15 is 0 Å². The molecule has 1 heterocycles. The number of carbonyl (C=O) groups excluding carboxylic acids is 2. The van der Waals surface area contributed by atoms with E-state index in [1.807, 2.05) is 6.92 Å². The van der Waals surface area contributed by atoms with Gasteiger partial charge in [0, 0.05) is 17.0 Å². The van der Waals surface area contributed by atoms with Gasteiger partial charge in [0.15, 0.2) is 0 Å². The average Bonchev–Trinajstić information content (AvgIpc) is 2.81. The van der Waals surface area contributed by atoms with E-state index in [4.69, 9.17) is 4.74 Å². The molecule has 0 bridgehead atoms. The molecule has 0 fully saturated rings. The van der Waals surface area contributed by atoms with Gasteiger partial charge in [-0.3, -0.25) is 14.9 Å². The lowest BCUT2D eigenvalue weighted by atomic mass is 10.1. The first kappa shape index (κ1) is 17.6. The minimum Gasteiger partial charge on any atom is -0.465 e. The minimum absolute atomic E-state index is 0.0309. The van der Waals surface area contributed by atoms with Gasteiger partial charge in [-0.15, -0.1) is 11.3 Å². The molecule has 1 N–H and O–H groups in total. The van der Waals surface area contributed by atoms with Crippen molar-refractivity contribution in [3.63, 3.8) is 0 Å². The molecular formula is C16H16N2O5S. The summed E-state index contributed by atoms with van der Waals surface area (Å²) in [5.74, 6) is -0.808. The number of rotatable bonds is 5. The fraction of sp³-hybridized carbons (Fsp3) is 0.250. The summed E-state index contributed by atoms with van der Waals surface area (Å²) >= 11 is 1.31. The van der Waals surface area contributed by atoms with Gasteiger partial charge in [-0.2, -0.15) is 0 Å². The van der Waals surface area contributed by atoms with Crippen LogP contribution in [-0.4, -0.2) is 23.9 Å². The van der Waals surface area contributed by atoms with E-state index in [-0.39, 0.29) is 18.0 Å². The summed E-state index contributed by atoms with van der Waals surface area (Å²) in [5.41, 5.74) is 1.74.